The van der Waals surface area contributed by atoms with Crippen LogP contribution in [-0.2, 0) is 4.79 Å². The molecule has 1 aromatic carbocycles. The minimum atomic E-state index is -0.532. The maximum Gasteiger partial charge on any atom is 0.260 e. The van der Waals surface area contributed by atoms with Crippen molar-refractivity contribution in [2.45, 2.75) is 50.3 Å². The van der Waals surface area contributed by atoms with Crippen LogP contribution >= 0.6 is 11.8 Å². The Morgan fingerprint density at radius 1 is 1.30 bits per heavy atom. The van der Waals surface area contributed by atoms with E-state index in [-0.39, 0.29) is 21.9 Å². The lowest BCUT2D eigenvalue weighted by Crippen LogP contribution is -2.52. The molecule has 1 fully saturated rings. The van der Waals surface area contributed by atoms with E-state index in [0.29, 0.717) is 29.5 Å². The summed E-state index contributed by atoms with van der Waals surface area (Å²) < 4.78 is 10.4. The average molecular weight is 393 g/mol. The van der Waals surface area contributed by atoms with E-state index in [9.17, 15) is 9.59 Å². The standard InChI is InChI=1S/C20H28N2O4S/c1-11(2)9-10-21-17(23)16-20(3,4)27-19-12-7-8-13(25-5)15(26-6)14(12)18(24)22(16)19/h7-8,11,16,19H,9-10H2,1-6H3,(H,21,23)/t16-,19?/m1/s1. The number of ether oxygens (including phenoxy) is 2. The molecule has 3 rings (SSSR count). The van der Waals surface area contributed by atoms with Crippen LogP contribution in [0.1, 0.15) is 55.4 Å². The molecule has 0 aromatic heterocycles. The summed E-state index contributed by atoms with van der Waals surface area (Å²) >= 11 is 1.64. The van der Waals surface area contributed by atoms with Gasteiger partial charge in [0.05, 0.1) is 19.8 Å². The fourth-order valence-electron chi connectivity index (χ4n) is 3.84. The molecule has 2 heterocycles. The van der Waals surface area contributed by atoms with E-state index in [1.54, 1.807) is 23.8 Å². The van der Waals surface area contributed by atoms with Crippen molar-refractivity contribution < 1.29 is 19.1 Å². The van der Waals surface area contributed by atoms with E-state index in [2.05, 4.69) is 19.2 Å². The normalized spacial score (nSPS) is 22.6. The maximum atomic E-state index is 13.3. The van der Waals surface area contributed by atoms with E-state index < -0.39 is 6.04 Å². The smallest absolute Gasteiger partial charge is 0.260 e. The van der Waals surface area contributed by atoms with Crippen molar-refractivity contribution in [3.63, 3.8) is 0 Å². The Bertz CT molecular complexity index is 763. The van der Waals surface area contributed by atoms with Gasteiger partial charge < -0.3 is 19.7 Å². The van der Waals surface area contributed by atoms with Gasteiger partial charge in [-0.25, -0.2) is 0 Å². The molecule has 2 aliphatic heterocycles. The summed E-state index contributed by atoms with van der Waals surface area (Å²) in [7, 11) is 3.08. The highest BCUT2D eigenvalue weighted by atomic mass is 32.2. The van der Waals surface area contributed by atoms with E-state index in [0.717, 1.165) is 12.0 Å². The van der Waals surface area contributed by atoms with Gasteiger partial charge in [-0.15, -0.1) is 11.8 Å². The van der Waals surface area contributed by atoms with Gasteiger partial charge in [-0.05, 0) is 32.3 Å². The van der Waals surface area contributed by atoms with Gasteiger partial charge in [-0.3, -0.25) is 9.59 Å². The van der Waals surface area contributed by atoms with Crippen molar-refractivity contribution in [2.24, 2.45) is 5.92 Å². The number of methoxy groups -OCH3 is 2. The first-order valence-electron chi connectivity index (χ1n) is 9.26. The molecular formula is C20H28N2O4S. The van der Waals surface area contributed by atoms with Gasteiger partial charge in [0.15, 0.2) is 11.5 Å². The summed E-state index contributed by atoms with van der Waals surface area (Å²) in [5, 5.41) is 2.83. The van der Waals surface area contributed by atoms with E-state index in [1.165, 1.54) is 7.11 Å². The monoisotopic (exact) mass is 392 g/mol. The summed E-state index contributed by atoms with van der Waals surface area (Å²) in [6.07, 6.45) is 0.911. The lowest BCUT2D eigenvalue weighted by Gasteiger charge is -2.29. The third kappa shape index (κ3) is 3.26. The second-order valence-corrected chi connectivity index (χ2v) is 9.66. The molecule has 2 aliphatic rings. The topological polar surface area (TPSA) is 67.9 Å². The molecule has 1 saturated heterocycles. The van der Waals surface area contributed by atoms with Gasteiger partial charge in [-0.1, -0.05) is 19.9 Å². The number of fused-ring (bicyclic) bond motifs is 3. The number of hydrogen-bond acceptors (Lipinski definition) is 5. The lowest BCUT2D eigenvalue weighted by molar-refractivity contribution is -0.126. The number of amides is 2. The van der Waals surface area contributed by atoms with E-state index in [1.807, 2.05) is 26.0 Å². The third-order valence-corrected chi connectivity index (χ3v) is 6.70. The zero-order chi connectivity index (χ0) is 19.9. The number of benzene rings is 1. The highest BCUT2D eigenvalue weighted by Gasteiger charge is 2.58. The molecule has 6 nitrogen and oxygen atoms in total. The summed E-state index contributed by atoms with van der Waals surface area (Å²) in [6.45, 7) is 8.91. The summed E-state index contributed by atoms with van der Waals surface area (Å²) in [5.41, 5.74) is 1.39. The third-order valence-electron chi connectivity index (χ3n) is 5.17. The molecular weight excluding hydrogens is 364 g/mol. The largest absolute Gasteiger partial charge is 0.493 e. The van der Waals surface area contributed by atoms with Crippen molar-refractivity contribution in [3.8, 4) is 11.5 Å². The molecule has 7 heteroatoms. The van der Waals surface area contributed by atoms with Crippen LogP contribution in [0.5, 0.6) is 11.5 Å². The predicted molar refractivity (Wildman–Crippen MR) is 106 cm³/mol. The van der Waals surface area contributed by atoms with Crippen LogP contribution in [0.4, 0.5) is 0 Å². The molecule has 27 heavy (non-hydrogen) atoms. The fraction of sp³-hybridized carbons (Fsp3) is 0.600. The molecule has 2 amide bonds. The first-order chi connectivity index (χ1) is 12.7. The predicted octanol–water partition coefficient (Wildman–Crippen LogP) is 3.21. The Hall–Kier alpha value is -1.89. The van der Waals surface area contributed by atoms with Crippen molar-refractivity contribution in [1.29, 1.82) is 0 Å². The van der Waals surface area contributed by atoms with Crippen LogP contribution in [0.2, 0.25) is 0 Å². The molecule has 2 atom stereocenters. The Morgan fingerprint density at radius 3 is 2.59 bits per heavy atom. The molecule has 0 aliphatic carbocycles. The lowest BCUT2D eigenvalue weighted by atomic mass is 10.0. The quantitative estimate of drug-likeness (QED) is 0.805. The van der Waals surface area contributed by atoms with Crippen molar-refractivity contribution in [2.75, 3.05) is 20.8 Å². The summed E-state index contributed by atoms with van der Waals surface area (Å²) in [5.74, 6) is 1.20. The zero-order valence-corrected chi connectivity index (χ0v) is 17.6. The van der Waals surface area contributed by atoms with Crippen molar-refractivity contribution in [3.05, 3.63) is 23.3 Å². The van der Waals surface area contributed by atoms with Gasteiger partial charge in [-0.2, -0.15) is 0 Å². The van der Waals surface area contributed by atoms with Crippen LogP contribution in [0.25, 0.3) is 0 Å². The number of nitrogens with zero attached hydrogens (tertiary/aromatic N) is 1. The van der Waals surface area contributed by atoms with Crippen LogP contribution in [0.15, 0.2) is 12.1 Å². The molecule has 0 spiro atoms. The van der Waals surface area contributed by atoms with Crippen LogP contribution in [0, 0.1) is 5.92 Å². The number of nitrogens with one attached hydrogen (secondary N) is 1. The Labute approximate surface area is 165 Å². The molecule has 1 aromatic rings. The van der Waals surface area contributed by atoms with E-state index in [4.69, 9.17) is 9.47 Å². The first-order valence-corrected chi connectivity index (χ1v) is 10.1. The number of carbonyl (C=O) groups is 2. The second kappa shape index (κ2) is 7.26. The van der Waals surface area contributed by atoms with E-state index >= 15 is 0 Å². The maximum absolute atomic E-state index is 13.3. The Balaban J connectivity index is 1.94. The van der Waals surface area contributed by atoms with Gasteiger partial charge in [0.25, 0.3) is 5.91 Å². The number of hydrogen-bond donors (Lipinski definition) is 1. The number of thioether (sulfide) groups is 1. The highest BCUT2D eigenvalue weighted by Crippen LogP contribution is 2.58. The first kappa shape index (κ1) is 19.9. The molecule has 1 N–H and O–H groups in total. The Morgan fingerprint density at radius 2 is 2.00 bits per heavy atom. The highest BCUT2D eigenvalue weighted by molar-refractivity contribution is 8.01. The van der Waals surface area contributed by atoms with Gasteiger partial charge in [0.1, 0.15) is 11.4 Å². The fourth-order valence-corrected chi connectivity index (χ4v) is 5.42. The van der Waals surface area contributed by atoms with Gasteiger partial charge >= 0.3 is 0 Å². The zero-order valence-electron chi connectivity index (χ0n) is 16.8. The second-order valence-electron chi connectivity index (χ2n) is 7.93. The van der Waals surface area contributed by atoms with Crippen LogP contribution < -0.4 is 14.8 Å². The number of carbonyl (C=O) groups excluding carboxylic acids is 2. The van der Waals surface area contributed by atoms with Crippen LogP contribution in [-0.4, -0.2) is 48.3 Å². The van der Waals surface area contributed by atoms with Gasteiger partial charge in [0.2, 0.25) is 5.91 Å². The average Bonchev–Trinajstić information content (AvgIpc) is 3.03. The molecule has 1 unspecified atom stereocenters. The molecule has 0 radical (unpaired) electrons. The minimum absolute atomic E-state index is 0.0947. The SMILES string of the molecule is COc1ccc2c(c1OC)C(=O)N1C2SC(C)(C)[C@H]1C(=O)NCCC(C)C. The van der Waals surface area contributed by atoms with Gasteiger partial charge in [0, 0.05) is 16.9 Å². The minimum Gasteiger partial charge on any atom is -0.493 e. The van der Waals surface area contributed by atoms with Crippen LogP contribution in [0.3, 0.4) is 0 Å². The summed E-state index contributed by atoms with van der Waals surface area (Å²) in [4.78, 5) is 28.0. The molecule has 148 valence electrons. The molecule has 0 saturated carbocycles. The molecule has 0 bridgehead atoms. The summed E-state index contributed by atoms with van der Waals surface area (Å²) in [6, 6.07) is 3.19. The Kier molecular flexibility index (Phi) is 5.34. The van der Waals surface area contributed by atoms with Crippen molar-refractivity contribution >= 4 is 23.6 Å². The van der Waals surface area contributed by atoms with Crippen molar-refractivity contribution in [1.82, 2.24) is 10.2 Å². The number of rotatable bonds is 6.